The number of hydrogen-bond donors (Lipinski definition) is 4. The first-order chi connectivity index (χ1) is 17.2. The van der Waals surface area contributed by atoms with E-state index < -0.39 is 30.4 Å². The molecule has 10 nitrogen and oxygen atoms in total. The van der Waals surface area contributed by atoms with E-state index in [9.17, 15) is 23.1 Å². The van der Waals surface area contributed by atoms with Gasteiger partial charge in [-0.2, -0.15) is 18.4 Å². The van der Waals surface area contributed by atoms with Crippen LogP contribution < -0.4 is 10.1 Å². The van der Waals surface area contributed by atoms with Gasteiger partial charge in [-0.3, -0.25) is 4.79 Å². The van der Waals surface area contributed by atoms with Gasteiger partial charge in [-0.05, 0) is 54.6 Å². The van der Waals surface area contributed by atoms with Crippen LogP contribution in [0.2, 0.25) is 0 Å². The van der Waals surface area contributed by atoms with Crippen LogP contribution in [0.3, 0.4) is 0 Å². The Morgan fingerprint density at radius 2 is 1.89 bits per heavy atom. The Balaban J connectivity index is 1.57. The van der Waals surface area contributed by atoms with Crippen molar-refractivity contribution in [2.24, 2.45) is 0 Å². The SMILES string of the molecule is O=C(NCc1nn[nH]n1)c1cc(C(F)(F)F)ccc1Oc1ccc(-c2cccc([C@H](O)CO)n2)cc1. The van der Waals surface area contributed by atoms with Gasteiger partial charge < -0.3 is 20.3 Å². The summed E-state index contributed by atoms with van der Waals surface area (Å²) < 4.78 is 45.5. The highest BCUT2D eigenvalue weighted by Crippen LogP contribution is 2.34. The average Bonchev–Trinajstić information content (AvgIpc) is 3.41. The standard InChI is InChI=1S/C23H19F3N6O4/c24-23(25,26)14-6-9-20(16(10-14)22(35)27-11-21-29-31-32-30-21)36-15-7-4-13(5-8-15)17-2-1-3-18(28-17)19(34)12-33/h1-10,19,33-34H,11-12H2,(H,27,35)(H,29,30,31,32)/t19-/m1/s1. The van der Waals surface area contributed by atoms with Crippen molar-refractivity contribution in [3.63, 3.8) is 0 Å². The van der Waals surface area contributed by atoms with E-state index in [2.05, 4.69) is 30.9 Å². The number of nitrogens with one attached hydrogen (secondary N) is 2. The quantitative estimate of drug-likeness (QED) is 0.289. The minimum absolute atomic E-state index is 0.0902. The molecular weight excluding hydrogens is 481 g/mol. The summed E-state index contributed by atoms with van der Waals surface area (Å²) in [5.41, 5.74) is 0.162. The Morgan fingerprint density at radius 3 is 2.56 bits per heavy atom. The van der Waals surface area contributed by atoms with Crippen molar-refractivity contribution < 1.29 is 32.9 Å². The molecule has 4 rings (SSSR count). The number of amides is 1. The van der Waals surface area contributed by atoms with Crippen molar-refractivity contribution in [2.45, 2.75) is 18.8 Å². The fourth-order valence-electron chi connectivity index (χ4n) is 3.20. The topological polar surface area (TPSA) is 146 Å². The van der Waals surface area contributed by atoms with Crippen LogP contribution in [-0.2, 0) is 12.7 Å². The van der Waals surface area contributed by atoms with Gasteiger partial charge in [0.25, 0.3) is 5.91 Å². The highest BCUT2D eigenvalue weighted by atomic mass is 19.4. The molecule has 36 heavy (non-hydrogen) atoms. The number of halogens is 3. The van der Waals surface area contributed by atoms with Crippen LogP contribution in [0, 0.1) is 0 Å². The number of aliphatic hydroxyl groups excluding tert-OH is 2. The van der Waals surface area contributed by atoms with Crippen LogP contribution in [-0.4, -0.2) is 48.3 Å². The molecule has 0 saturated heterocycles. The molecule has 0 bridgehead atoms. The second-order valence-electron chi connectivity index (χ2n) is 7.49. The van der Waals surface area contributed by atoms with Crippen LogP contribution in [0.1, 0.15) is 33.5 Å². The number of carbonyl (C=O) groups excluding carboxylic acids is 1. The molecule has 0 saturated carbocycles. The molecule has 0 aliphatic heterocycles. The first-order valence-corrected chi connectivity index (χ1v) is 10.5. The molecule has 0 unspecified atom stereocenters. The summed E-state index contributed by atoms with van der Waals surface area (Å²) in [5, 5.41) is 34.3. The molecule has 0 aliphatic rings. The van der Waals surface area contributed by atoms with Gasteiger partial charge in [0.2, 0.25) is 0 Å². The fourth-order valence-corrected chi connectivity index (χ4v) is 3.20. The summed E-state index contributed by atoms with van der Waals surface area (Å²) in [6.07, 6.45) is -5.77. The summed E-state index contributed by atoms with van der Waals surface area (Å²) >= 11 is 0. The highest BCUT2D eigenvalue weighted by molar-refractivity contribution is 5.97. The maximum Gasteiger partial charge on any atom is 0.416 e. The number of nitrogens with zero attached hydrogens (tertiary/aromatic N) is 4. The molecule has 1 amide bonds. The van der Waals surface area contributed by atoms with Gasteiger partial charge in [-0.15, -0.1) is 10.2 Å². The lowest BCUT2D eigenvalue weighted by molar-refractivity contribution is -0.137. The Morgan fingerprint density at radius 1 is 1.11 bits per heavy atom. The molecule has 1 atom stereocenters. The molecule has 0 aliphatic carbocycles. The van der Waals surface area contributed by atoms with E-state index in [4.69, 9.17) is 9.84 Å². The Kier molecular flexibility index (Phi) is 7.22. The van der Waals surface area contributed by atoms with Gasteiger partial charge in [-0.1, -0.05) is 11.3 Å². The first kappa shape index (κ1) is 24.8. The number of alkyl halides is 3. The normalized spacial score (nSPS) is 12.2. The summed E-state index contributed by atoms with van der Waals surface area (Å²) in [5.74, 6) is -0.497. The van der Waals surface area contributed by atoms with Crippen molar-refractivity contribution in [1.29, 1.82) is 0 Å². The van der Waals surface area contributed by atoms with Crippen LogP contribution in [0.4, 0.5) is 13.2 Å². The highest BCUT2D eigenvalue weighted by Gasteiger charge is 2.32. The van der Waals surface area contributed by atoms with Crippen molar-refractivity contribution in [3.8, 4) is 22.8 Å². The molecule has 186 valence electrons. The predicted octanol–water partition coefficient (Wildman–Crippen LogP) is 3.03. The Labute approximate surface area is 201 Å². The third-order valence-corrected chi connectivity index (χ3v) is 5.01. The molecule has 2 heterocycles. The maximum absolute atomic E-state index is 13.3. The van der Waals surface area contributed by atoms with Crippen LogP contribution >= 0.6 is 0 Å². The second kappa shape index (κ2) is 10.5. The van der Waals surface area contributed by atoms with E-state index in [-0.39, 0.29) is 29.4 Å². The molecule has 13 heteroatoms. The zero-order valence-electron chi connectivity index (χ0n) is 18.4. The number of rotatable bonds is 8. The van der Waals surface area contributed by atoms with Gasteiger partial charge in [0.1, 0.15) is 17.6 Å². The Bertz CT molecular complexity index is 1330. The summed E-state index contributed by atoms with van der Waals surface area (Å²) in [7, 11) is 0. The number of tetrazole rings is 1. The first-order valence-electron chi connectivity index (χ1n) is 10.5. The molecule has 0 radical (unpaired) electrons. The van der Waals surface area contributed by atoms with E-state index in [1.54, 1.807) is 42.5 Å². The van der Waals surface area contributed by atoms with E-state index in [1.165, 1.54) is 0 Å². The van der Waals surface area contributed by atoms with Crippen molar-refractivity contribution in [1.82, 2.24) is 30.9 Å². The van der Waals surface area contributed by atoms with E-state index in [1.807, 2.05) is 0 Å². The lowest BCUT2D eigenvalue weighted by Crippen LogP contribution is -2.24. The van der Waals surface area contributed by atoms with Gasteiger partial charge in [0.15, 0.2) is 5.82 Å². The lowest BCUT2D eigenvalue weighted by atomic mass is 10.1. The van der Waals surface area contributed by atoms with Crippen molar-refractivity contribution in [2.75, 3.05) is 6.61 Å². The number of pyridine rings is 1. The summed E-state index contributed by atoms with van der Waals surface area (Å²) in [6.45, 7) is -0.627. The number of H-pyrrole nitrogens is 1. The van der Waals surface area contributed by atoms with Crippen LogP contribution in [0.15, 0.2) is 60.7 Å². The average molecular weight is 500 g/mol. The molecule has 2 aromatic carbocycles. The molecule has 0 spiro atoms. The van der Waals surface area contributed by atoms with Gasteiger partial charge in [0, 0.05) is 5.56 Å². The lowest BCUT2D eigenvalue weighted by Gasteiger charge is -2.14. The number of aromatic amines is 1. The maximum atomic E-state index is 13.3. The largest absolute Gasteiger partial charge is 0.457 e. The molecule has 0 fully saturated rings. The van der Waals surface area contributed by atoms with Crippen LogP contribution in [0.25, 0.3) is 11.3 Å². The molecule has 2 aromatic heterocycles. The number of benzene rings is 2. The third-order valence-electron chi connectivity index (χ3n) is 5.01. The number of hydrogen-bond acceptors (Lipinski definition) is 8. The molecule has 4 N–H and O–H groups in total. The second-order valence-corrected chi connectivity index (χ2v) is 7.49. The van der Waals surface area contributed by atoms with Gasteiger partial charge in [-0.25, -0.2) is 4.98 Å². The van der Waals surface area contributed by atoms with E-state index in [0.717, 1.165) is 12.1 Å². The smallest absolute Gasteiger partial charge is 0.416 e. The van der Waals surface area contributed by atoms with Gasteiger partial charge >= 0.3 is 6.18 Å². The number of ether oxygens (including phenoxy) is 1. The fraction of sp³-hybridized carbons (Fsp3) is 0.174. The van der Waals surface area contributed by atoms with Gasteiger partial charge in [0.05, 0.1) is 35.7 Å². The monoisotopic (exact) mass is 500 g/mol. The summed E-state index contributed by atoms with van der Waals surface area (Å²) in [4.78, 5) is 17.0. The number of carbonyl (C=O) groups is 1. The summed E-state index contributed by atoms with van der Waals surface area (Å²) in [6, 6.07) is 14.0. The number of aromatic nitrogens is 5. The molecular formula is C23H19F3N6O4. The van der Waals surface area contributed by atoms with E-state index in [0.29, 0.717) is 23.0 Å². The molecule has 4 aromatic rings. The predicted molar refractivity (Wildman–Crippen MR) is 119 cm³/mol. The van der Waals surface area contributed by atoms with Crippen molar-refractivity contribution in [3.05, 3.63) is 83.3 Å². The zero-order chi connectivity index (χ0) is 25.7. The minimum Gasteiger partial charge on any atom is -0.457 e. The zero-order valence-corrected chi connectivity index (χ0v) is 18.4. The van der Waals surface area contributed by atoms with E-state index >= 15 is 0 Å². The Hall–Kier alpha value is -4.36. The van der Waals surface area contributed by atoms with Crippen LogP contribution in [0.5, 0.6) is 11.5 Å². The third kappa shape index (κ3) is 5.82. The number of aliphatic hydroxyl groups is 2. The van der Waals surface area contributed by atoms with Crippen molar-refractivity contribution >= 4 is 5.91 Å². The minimum atomic E-state index is -4.66.